The van der Waals surface area contributed by atoms with Gasteiger partial charge in [0, 0.05) is 5.38 Å². The monoisotopic (exact) mass is 220 g/mol. The van der Waals surface area contributed by atoms with E-state index in [1.807, 2.05) is 13.0 Å². The van der Waals surface area contributed by atoms with Gasteiger partial charge in [-0.25, -0.2) is 4.39 Å². The summed E-state index contributed by atoms with van der Waals surface area (Å²) in [4.78, 5) is 0. The van der Waals surface area contributed by atoms with Crippen LogP contribution in [0.3, 0.4) is 0 Å². The lowest BCUT2D eigenvalue weighted by Crippen LogP contribution is -1.95. The van der Waals surface area contributed by atoms with E-state index < -0.39 is 0 Å². The maximum atomic E-state index is 12.9. The maximum Gasteiger partial charge on any atom is 0.142 e. The Balaban J connectivity index is 2.63. The van der Waals surface area contributed by atoms with Crippen molar-refractivity contribution in [1.29, 1.82) is 0 Å². The van der Waals surface area contributed by atoms with E-state index in [4.69, 9.17) is 23.2 Å². The highest BCUT2D eigenvalue weighted by molar-refractivity contribution is 6.30. The number of halogens is 3. The van der Waals surface area contributed by atoms with Crippen molar-refractivity contribution in [2.45, 2.75) is 25.1 Å². The maximum absolute atomic E-state index is 12.9. The number of hydrogen-bond donors (Lipinski definition) is 0. The van der Waals surface area contributed by atoms with Crippen LogP contribution in [0.5, 0.6) is 0 Å². The molecule has 0 nitrogen and oxygen atoms in total. The van der Waals surface area contributed by atoms with Gasteiger partial charge in [0.05, 0.1) is 5.02 Å². The van der Waals surface area contributed by atoms with Gasteiger partial charge >= 0.3 is 0 Å². The summed E-state index contributed by atoms with van der Waals surface area (Å²) in [5.74, 6) is -0.360. The zero-order chi connectivity index (χ0) is 9.84. The minimum absolute atomic E-state index is 0.124. The predicted molar refractivity (Wildman–Crippen MR) is 55.0 cm³/mol. The summed E-state index contributed by atoms with van der Waals surface area (Å²) in [6.45, 7) is 1.92. The number of alkyl halides is 1. The Labute approximate surface area is 87.7 Å². The second-order valence-corrected chi connectivity index (χ2v) is 4.22. The van der Waals surface area contributed by atoms with Gasteiger partial charge in [-0.3, -0.25) is 0 Å². The smallest absolute Gasteiger partial charge is 0.142 e. The molecule has 0 aromatic heterocycles. The van der Waals surface area contributed by atoms with Crippen LogP contribution < -0.4 is 0 Å². The van der Waals surface area contributed by atoms with Crippen molar-refractivity contribution in [3.63, 3.8) is 0 Å². The van der Waals surface area contributed by atoms with E-state index >= 15 is 0 Å². The molecule has 1 aromatic rings. The zero-order valence-corrected chi connectivity index (χ0v) is 8.87. The zero-order valence-electron chi connectivity index (χ0n) is 7.36. The third-order valence-corrected chi connectivity index (χ3v) is 2.34. The average molecular weight is 221 g/mol. The molecule has 0 spiro atoms. The third kappa shape index (κ3) is 3.53. The quantitative estimate of drug-likeness (QED) is 0.675. The summed E-state index contributed by atoms with van der Waals surface area (Å²) in [5.41, 5.74) is 0.939. The van der Waals surface area contributed by atoms with Crippen LogP contribution in [0.15, 0.2) is 18.2 Å². The average Bonchev–Trinajstić information content (AvgIpc) is 2.07. The van der Waals surface area contributed by atoms with Gasteiger partial charge in [-0.1, -0.05) is 17.7 Å². The summed E-state index contributed by atoms with van der Waals surface area (Å²) in [7, 11) is 0. The molecule has 1 aromatic carbocycles. The largest absolute Gasteiger partial charge is 0.205 e. The summed E-state index contributed by atoms with van der Waals surface area (Å²) in [6.07, 6.45) is 1.64. The molecular formula is C10H11Cl2F. The van der Waals surface area contributed by atoms with Crippen LogP contribution in [0, 0.1) is 5.82 Å². The van der Waals surface area contributed by atoms with Gasteiger partial charge in [-0.2, -0.15) is 0 Å². The van der Waals surface area contributed by atoms with Gasteiger partial charge in [0.1, 0.15) is 5.82 Å². The Kier molecular flexibility index (Phi) is 4.01. The Morgan fingerprint density at radius 3 is 2.69 bits per heavy atom. The van der Waals surface area contributed by atoms with Crippen LogP contribution in [0.4, 0.5) is 4.39 Å². The molecule has 0 aliphatic rings. The van der Waals surface area contributed by atoms with Crippen molar-refractivity contribution in [3.8, 4) is 0 Å². The number of hydrogen-bond acceptors (Lipinski definition) is 0. The second-order valence-electron chi connectivity index (χ2n) is 3.07. The summed E-state index contributed by atoms with van der Waals surface area (Å²) in [6, 6.07) is 4.86. The highest BCUT2D eigenvalue weighted by atomic mass is 35.5. The van der Waals surface area contributed by atoms with E-state index in [1.54, 1.807) is 6.07 Å². The molecule has 0 saturated heterocycles. The van der Waals surface area contributed by atoms with E-state index in [9.17, 15) is 4.39 Å². The van der Waals surface area contributed by atoms with Crippen LogP contribution in [-0.4, -0.2) is 5.38 Å². The lowest BCUT2D eigenvalue weighted by atomic mass is 10.1. The fourth-order valence-corrected chi connectivity index (χ4v) is 1.29. The third-order valence-electron chi connectivity index (χ3n) is 1.81. The normalized spacial score (nSPS) is 12.9. The fourth-order valence-electron chi connectivity index (χ4n) is 1.06. The van der Waals surface area contributed by atoms with Crippen LogP contribution in [0.1, 0.15) is 18.9 Å². The van der Waals surface area contributed by atoms with Crippen LogP contribution in [-0.2, 0) is 6.42 Å². The van der Waals surface area contributed by atoms with Crippen molar-refractivity contribution in [2.24, 2.45) is 0 Å². The van der Waals surface area contributed by atoms with Crippen molar-refractivity contribution in [1.82, 2.24) is 0 Å². The Bertz CT molecular complexity index is 284. The molecule has 0 N–H and O–H groups in total. The molecule has 72 valence electrons. The first-order chi connectivity index (χ1) is 6.09. The second kappa shape index (κ2) is 4.83. The molecule has 0 bridgehead atoms. The van der Waals surface area contributed by atoms with E-state index in [1.165, 1.54) is 6.07 Å². The van der Waals surface area contributed by atoms with Crippen molar-refractivity contribution in [3.05, 3.63) is 34.6 Å². The van der Waals surface area contributed by atoms with Crippen molar-refractivity contribution in [2.75, 3.05) is 0 Å². The lowest BCUT2D eigenvalue weighted by Gasteiger charge is -2.03. The minimum atomic E-state index is -0.360. The summed E-state index contributed by atoms with van der Waals surface area (Å²) >= 11 is 11.3. The first kappa shape index (κ1) is 10.8. The molecule has 1 rings (SSSR count). The summed E-state index contributed by atoms with van der Waals surface area (Å²) < 4.78 is 12.9. The molecule has 13 heavy (non-hydrogen) atoms. The SMILES string of the molecule is CC(Cl)CCc1ccc(Cl)c(F)c1. The van der Waals surface area contributed by atoms with Gasteiger partial charge in [0.25, 0.3) is 0 Å². The van der Waals surface area contributed by atoms with Gasteiger partial charge in [-0.05, 0) is 37.5 Å². The van der Waals surface area contributed by atoms with Gasteiger partial charge < -0.3 is 0 Å². The molecule has 1 atom stereocenters. The van der Waals surface area contributed by atoms with E-state index in [2.05, 4.69) is 0 Å². The molecule has 3 heteroatoms. The van der Waals surface area contributed by atoms with Gasteiger partial charge in [-0.15, -0.1) is 11.6 Å². The predicted octanol–water partition coefficient (Wildman–Crippen LogP) is 4.04. The van der Waals surface area contributed by atoms with Crippen LogP contribution in [0.25, 0.3) is 0 Å². The number of rotatable bonds is 3. The van der Waals surface area contributed by atoms with Crippen molar-refractivity contribution >= 4 is 23.2 Å². The number of benzene rings is 1. The molecule has 0 amide bonds. The van der Waals surface area contributed by atoms with Gasteiger partial charge in [0.2, 0.25) is 0 Å². The lowest BCUT2D eigenvalue weighted by molar-refractivity contribution is 0.624. The van der Waals surface area contributed by atoms with Gasteiger partial charge in [0.15, 0.2) is 0 Å². The minimum Gasteiger partial charge on any atom is -0.205 e. The fraction of sp³-hybridized carbons (Fsp3) is 0.400. The molecule has 0 aliphatic carbocycles. The Morgan fingerprint density at radius 2 is 2.15 bits per heavy atom. The first-order valence-electron chi connectivity index (χ1n) is 4.17. The molecular weight excluding hydrogens is 210 g/mol. The Hall–Kier alpha value is -0.270. The molecule has 1 unspecified atom stereocenters. The van der Waals surface area contributed by atoms with Crippen LogP contribution >= 0.6 is 23.2 Å². The number of aryl methyl sites for hydroxylation is 1. The Morgan fingerprint density at radius 1 is 1.46 bits per heavy atom. The molecule has 0 radical (unpaired) electrons. The highest BCUT2D eigenvalue weighted by Gasteiger charge is 2.02. The molecule has 0 aliphatic heterocycles. The van der Waals surface area contributed by atoms with Crippen molar-refractivity contribution < 1.29 is 4.39 Å². The molecule has 0 saturated carbocycles. The highest BCUT2D eigenvalue weighted by Crippen LogP contribution is 2.17. The van der Waals surface area contributed by atoms with Crippen LogP contribution in [0.2, 0.25) is 5.02 Å². The summed E-state index contributed by atoms with van der Waals surface area (Å²) in [5, 5.41) is 0.293. The topological polar surface area (TPSA) is 0 Å². The van der Waals surface area contributed by atoms with E-state index in [-0.39, 0.29) is 16.2 Å². The molecule has 0 heterocycles. The first-order valence-corrected chi connectivity index (χ1v) is 4.99. The molecule has 0 fully saturated rings. The van der Waals surface area contributed by atoms with E-state index in [0.29, 0.717) is 0 Å². The standard InChI is InChI=1S/C10H11Cl2F/c1-7(11)2-3-8-4-5-9(12)10(13)6-8/h4-7H,2-3H2,1H3. The van der Waals surface area contributed by atoms with E-state index in [0.717, 1.165) is 18.4 Å².